The predicted molar refractivity (Wildman–Crippen MR) is 86.2 cm³/mol. The number of aryl methyl sites for hydroxylation is 1. The van der Waals surface area contributed by atoms with Crippen molar-refractivity contribution in [1.82, 2.24) is 4.90 Å². The number of esters is 1. The molecule has 5 heteroatoms. The highest BCUT2D eigenvalue weighted by Crippen LogP contribution is 2.19. The van der Waals surface area contributed by atoms with Crippen LogP contribution in [-0.2, 0) is 9.47 Å². The summed E-state index contributed by atoms with van der Waals surface area (Å²) >= 11 is 2.25. The summed E-state index contributed by atoms with van der Waals surface area (Å²) in [7, 11) is 0. The van der Waals surface area contributed by atoms with Gasteiger partial charge in [0.25, 0.3) is 0 Å². The molecule has 1 fully saturated rings. The van der Waals surface area contributed by atoms with Crippen molar-refractivity contribution in [2.75, 3.05) is 39.5 Å². The van der Waals surface area contributed by atoms with Crippen LogP contribution in [0, 0.1) is 17.4 Å². The quantitative estimate of drug-likeness (QED) is 0.586. The van der Waals surface area contributed by atoms with Gasteiger partial charge in [0, 0.05) is 23.2 Å². The maximum Gasteiger partial charge on any atom is 0.338 e. The lowest BCUT2D eigenvalue weighted by Gasteiger charge is -2.26. The average molecular weight is 389 g/mol. The van der Waals surface area contributed by atoms with Gasteiger partial charge in [-0.3, -0.25) is 4.90 Å². The van der Waals surface area contributed by atoms with E-state index in [4.69, 9.17) is 9.47 Å². The first-order valence-corrected chi connectivity index (χ1v) is 7.90. The summed E-state index contributed by atoms with van der Waals surface area (Å²) in [4.78, 5) is 14.4. The Bertz CT molecular complexity index is 484. The van der Waals surface area contributed by atoms with Gasteiger partial charge in [0.05, 0.1) is 18.8 Å². The second kappa shape index (κ2) is 7.38. The van der Waals surface area contributed by atoms with Crippen LogP contribution in [0.25, 0.3) is 0 Å². The van der Waals surface area contributed by atoms with E-state index in [0.29, 0.717) is 12.2 Å². The molecule has 0 aromatic heterocycles. The zero-order valence-corrected chi connectivity index (χ0v) is 14.1. The number of hydrogen-bond acceptors (Lipinski definition) is 4. The van der Waals surface area contributed by atoms with Gasteiger partial charge in [-0.25, -0.2) is 4.79 Å². The Kier molecular flexibility index (Phi) is 5.80. The maximum absolute atomic E-state index is 12.1. The third kappa shape index (κ3) is 4.17. The fourth-order valence-corrected chi connectivity index (χ4v) is 2.98. The summed E-state index contributed by atoms with van der Waals surface area (Å²) in [5, 5.41) is 0. The molecule has 1 saturated heterocycles. The number of morpholine rings is 1. The topological polar surface area (TPSA) is 38.8 Å². The van der Waals surface area contributed by atoms with Crippen molar-refractivity contribution >= 4 is 28.6 Å². The number of halogens is 1. The fourth-order valence-electron chi connectivity index (χ4n) is 2.20. The Morgan fingerprint density at radius 2 is 2.05 bits per heavy atom. The van der Waals surface area contributed by atoms with Gasteiger partial charge >= 0.3 is 5.97 Å². The first kappa shape index (κ1) is 15.7. The zero-order chi connectivity index (χ0) is 14.5. The molecular formula is C15H20INO3. The molecule has 0 bridgehead atoms. The highest BCUT2D eigenvalue weighted by Gasteiger charge is 2.15. The van der Waals surface area contributed by atoms with E-state index in [1.807, 2.05) is 19.9 Å². The SMILES string of the molecule is Cc1cc(I)c(C)c(C(=O)OCCN2CCOCC2)c1. The lowest BCUT2D eigenvalue weighted by atomic mass is 10.1. The van der Waals surface area contributed by atoms with Crippen LogP contribution in [-0.4, -0.2) is 50.3 Å². The molecule has 1 aromatic rings. The number of carbonyl (C=O) groups excluding carboxylic acids is 1. The average Bonchev–Trinajstić information content (AvgIpc) is 2.44. The molecular weight excluding hydrogens is 369 g/mol. The van der Waals surface area contributed by atoms with Crippen LogP contribution in [0.5, 0.6) is 0 Å². The normalized spacial score (nSPS) is 16.1. The summed E-state index contributed by atoms with van der Waals surface area (Å²) in [6.07, 6.45) is 0. The molecule has 0 aliphatic carbocycles. The van der Waals surface area contributed by atoms with Crippen molar-refractivity contribution in [3.63, 3.8) is 0 Å². The number of ether oxygens (including phenoxy) is 2. The molecule has 0 amide bonds. The number of rotatable bonds is 4. The predicted octanol–water partition coefficient (Wildman–Crippen LogP) is 2.40. The van der Waals surface area contributed by atoms with E-state index in [2.05, 4.69) is 33.6 Å². The van der Waals surface area contributed by atoms with Gasteiger partial charge < -0.3 is 9.47 Å². The van der Waals surface area contributed by atoms with E-state index in [1.54, 1.807) is 0 Å². The van der Waals surface area contributed by atoms with E-state index in [9.17, 15) is 4.79 Å². The van der Waals surface area contributed by atoms with Crippen LogP contribution in [0.3, 0.4) is 0 Å². The molecule has 1 heterocycles. The van der Waals surface area contributed by atoms with Crippen molar-refractivity contribution in [1.29, 1.82) is 0 Å². The van der Waals surface area contributed by atoms with Crippen LogP contribution in [0.2, 0.25) is 0 Å². The van der Waals surface area contributed by atoms with E-state index in [1.165, 1.54) is 0 Å². The zero-order valence-electron chi connectivity index (χ0n) is 11.9. The Morgan fingerprint density at radius 1 is 1.35 bits per heavy atom. The standard InChI is InChI=1S/C15H20INO3/c1-11-9-13(12(2)14(16)10-11)15(18)20-8-5-17-3-6-19-7-4-17/h9-10H,3-8H2,1-2H3. The third-order valence-corrected chi connectivity index (χ3v) is 4.57. The minimum atomic E-state index is -0.225. The van der Waals surface area contributed by atoms with Gasteiger partial charge in [0.1, 0.15) is 6.61 Å². The van der Waals surface area contributed by atoms with Gasteiger partial charge in [-0.1, -0.05) is 0 Å². The van der Waals surface area contributed by atoms with Crippen molar-refractivity contribution in [2.24, 2.45) is 0 Å². The lowest BCUT2D eigenvalue weighted by Crippen LogP contribution is -2.38. The number of benzene rings is 1. The van der Waals surface area contributed by atoms with Crippen LogP contribution < -0.4 is 0 Å². The van der Waals surface area contributed by atoms with E-state index in [-0.39, 0.29) is 5.97 Å². The first-order valence-electron chi connectivity index (χ1n) is 6.82. The summed E-state index contributed by atoms with van der Waals surface area (Å²) in [5.74, 6) is -0.225. The van der Waals surface area contributed by atoms with Crippen molar-refractivity contribution in [3.05, 3.63) is 32.4 Å². The summed E-state index contributed by atoms with van der Waals surface area (Å²) in [6.45, 7) is 8.52. The minimum Gasteiger partial charge on any atom is -0.461 e. The summed E-state index contributed by atoms with van der Waals surface area (Å²) in [6, 6.07) is 3.97. The van der Waals surface area contributed by atoms with Gasteiger partial charge in [0.2, 0.25) is 0 Å². The lowest BCUT2D eigenvalue weighted by molar-refractivity contribution is 0.0195. The molecule has 1 aromatic carbocycles. The fraction of sp³-hybridized carbons (Fsp3) is 0.533. The molecule has 1 aliphatic heterocycles. The van der Waals surface area contributed by atoms with Gasteiger partial charge in [-0.05, 0) is 59.7 Å². The molecule has 110 valence electrons. The Balaban J connectivity index is 1.88. The van der Waals surface area contributed by atoms with E-state index >= 15 is 0 Å². The largest absolute Gasteiger partial charge is 0.461 e. The summed E-state index contributed by atoms with van der Waals surface area (Å²) < 4.78 is 11.8. The van der Waals surface area contributed by atoms with Gasteiger partial charge in [-0.2, -0.15) is 0 Å². The highest BCUT2D eigenvalue weighted by molar-refractivity contribution is 14.1. The van der Waals surface area contributed by atoms with Crippen LogP contribution in [0.1, 0.15) is 21.5 Å². The number of carbonyl (C=O) groups is 1. The van der Waals surface area contributed by atoms with Crippen molar-refractivity contribution < 1.29 is 14.3 Å². The minimum absolute atomic E-state index is 0.225. The van der Waals surface area contributed by atoms with E-state index < -0.39 is 0 Å². The Morgan fingerprint density at radius 3 is 2.75 bits per heavy atom. The van der Waals surface area contributed by atoms with E-state index in [0.717, 1.165) is 47.5 Å². The van der Waals surface area contributed by atoms with Crippen molar-refractivity contribution in [2.45, 2.75) is 13.8 Å². The van der Waals surface area contributed by atoms with Gasteiger partial charge in [-0.15, -0.1) is 0 Å². The summed E-state index contributed by atoms with van der Waals surface area (Å²) in [5.41, 5.74) is 2.75. The monoisotopic (exact) mass is 389 g/mol. The first-order chi connectivity index (χ1) is 9.58. The van der Waals surface area contributed by atoms with Crippen LogP contribution in [0.15, 0.2) is 12.1 Å². The second-order valence-corrected chi connectivity index (χ2v) is 6.17. The number of nitrogens with zero attached hydrogens (tertiary/aromatic N) is 1. The maximum atomic E-state index is 12.1. The third-order valence-electron chi connectivity index (χ3n) is 3.45. The van der Waals surface area contributed by atoms with Crippen LogP contribution in [0.4, 0.5) is 0 Å². The second-order valence-electron chi connectivity index (χ2n) is 5.01. The number of hydrogen-bond donors (Lipinski definition) is 0. The molecule has 0 radical (unpaired) electrons. The molecule has 4 nitrogen and oxygen atoms in total. The molecule has 0 unspecified atom stereocenters. The molecule has 0 saturated carbocycles. The Labute approximate surface area is 133 Å². The molecule has 2 rings (SSSR count). The molecule has 0 spiro atoms. The molecule has 0 N–H and O–H groups in total. The smallest absolute Gasteiger partial charge is 0.338 e. The Hall–Kier alpha value is -0.660. The van der Waals surface area contributed by atoms with Gasteiger partial charge in [0.15, 0.2) is 0 Å². The molecule has 1 aliphatic rings. The highest BCUT2D eigenvalue weighted by atomic mass is 127. The van der Waals surface area contributed by atoms with Crippen molar-refractivity contribution in [3.8, 4) is 0 Å². The van der Waals surface area contributed by atoms with Crippen LogP contribution >= 0.6 is 22.6 Å². The molecule has 20 heavy (non-hydrogen) atoms. The molecule has 0 atom stereocenters.